The van der Waals surface area contributed by atoms with Crippen LogP contribution in [0.4, 0.5) is 0 Å². The van der Waals surface area contributed by atoms with Crippen LogP contribution in [0, 0.1) is 0 Å². The summed E-state index contributed by atoms with van der Waals surface area (Å²) in [5, 5.41) is 0.286. The van der Waals surface area contributed by atoms with Crippen LogP contribution in [0.1, 0.15) is 5.56 Å². The fourth-order valence-electron chi connectivity index (χ4n) is 3.86. The number of ether oxygens (including phenoxy) is 1. The topological polar surface area (TPSA) is 74.3 Å². The third-order valence-electron chi connectivity index (χ3n) is 5.57. The highest BCUT2D eigenvalue weighted by molar-refractivity contribution is 9.10. The maximum Gasteiger partial charge on any atom is 0.269 e. The van der Waals surface area contributed by atoms with Crippen LogP contribution >= 0.6 is 15.9 Å². The van der Waals surface area contributed by atoms with Crippen LogP contribution in [0.3, 0.4) is 0 Å². The summed E-state index contributed by atoms with van der Waals surface area (Å²) in [6.45, 7) is 0.364. The predicted octanol–water partition coefficient (Wildman–Crippen LogP) is 5.18. The summed E-state index contributed by atoms with van der Waals surface area (Å²) in [5.74, 6) is 1.13. The summed E-state index contributed by atoms with van der Waals surface area (Å²) in [7, 11) is 1.59. The molecule has 3 aromatic carbocycles. The monoisotopic (exact) mass is 502 g/mol. The zero-order valence-corrected chi connectivity index (χ0v) is 19.3. The molecule has 2 aromatic heterocycles. The molecule has 0 N–H and O–H groups in total. The van der Waals surface area contributed by atoms with Crippen molar-refractivity contribution >= 4 is 38.0 Å². The molecule has 5 rings (SSSR count). The van der Waals surface area contributed by atoms with Crippen molar-refractivity contribution in [3.63, 3.8) is 0 Å². The lowest BCUT2D eigenvalue weighted by Gasteiger charge is -2.14. The van der Waals surface area contributed by atoms with E-state index in [-0.39, 0.29) is 16.5 Å². The first-order chi connectivity index (χ1) is 16.0. The molecule has 5 aromatic rings. The molecule has 0 aliphatic carbocycles. The summed E-state index contributed by atoms with van der Waals surface area (Å²) in [6, 6.07) is 22.3. The Morgan fingerprint density at radius 3 is 2.48 bits per heavy atom. The van der Waals surface area contributed by atoms with Crippen molar-refractivity contribution in [2.24, 2.45) is 0 Å². The zero-order chi connectivity index (χ0) is 22.9. The van der Waals surface area contributed by atoms with Crippen molar-refractivity contribution in [2.75, 3.05) is 7.11 Å². The lowest BCUT2D eigenvalue weighted by Crippen LogP contribution is -2.28. The Hall–Kier alpha value is -3.71. The van der Waals surface area contributed by atoms with E-state index in [9.17, 15) is 9.59 Å². The molecule has 33 heavy (non-hydrogen) atoms. The van der Waals surface area contributed by atoms with Crippen LogP contribution in [0.15, 0.2) is 91.3 Å². The maximum absolute atomic E-state index is 13.6. The summed E-state index contributed by atoms with van der Waals surface area (Å²) in [6.07, 6.45) is 0.613. The molecule has 0 saturated heterocycles. The maximum atomic E-state index is 13.6. The third-order valence-corrected chi connectivity index (χ3v) is 6.06. The first-order valence-corrected chi connectivity index (χ1v) is 11.2. The molecule has 0 amide bonds. The van der Waals surface area contributed by atoms with Gasteiger partial charge in [0.25, 0.3) is 5.56 Å². The molecule has 0 unspecified atom stereocenters. The molecule has 6 nitrogen and oxygen atoms in total. The summed E-state index contributed by atoms with van der Waals surface area (Å²) < 4.78 is 13.5. The molecule has 7 heteroatoms. The summed E-state index contributed by atoms with van der Waals surface area (Å²) in [5.41, 5.74) is 1.41. The molecule has 0 spiro atoms. The van der Waals surface area contributed by atoms with E-state index in [2.05, 4.69) is 20.9 Å². The second-order valence-corrected chi connectivity index (χ2v) is 8.52. The molecular weight excluding hydrogens is 484 g/mol. The first-order valence-electron chi connectivity index (χ1n) is 10.4. The fraction of sp³-hybridized carbons (Fsp3) is 0.115. The van der Waals surface area contributed by atoms with Crippen LogP contribution < -0.4 is 15.7 Å². The van der Waals surface area contributed by atoms with Crippen molar-refractivity contribution in [3.05, 3.63) is 103 Å². The van der Waals surface area contributed by atoms with Crippen molar-refractivity contribution in [1.82, 2.24) is 9.55 Å². The minimum absolute atomic E-state index is 0.0293. The van der Waals surface area contributed by atoms with E-state index in [0.717, 1.165) is 15.6 Å². The highest BCUT2D eigenvalue weighted by Gasteiger charge is 2.19. The van der Waals surface area contributed by atoms with Gasteiger partial charge in [0.2, 0.25) is 11.1 Å². The molecule has 2 heterocycles. The van der Waals surface area contributed by atoms with Gasteiger partial charge in [0.15, 0.2) is 5.39 Å². The van der Waals surface area contributed by atoms with Gasteiger partial charge in [-0.2, -0.15) is 4.98 Å². The minimum Gasteiger partial charge on any atom is -0.497 e. The molecule has 0 aliphatic rings. The molecular formula is C26H19BrN2O4. The van der Waals surface area contributed by atoms with Crippen molar-refractivity contribution in [2.45, 2.75) is 13.0 Å². The Morgan fingerprint density at radius 1 is 1.00 bits per heavy atom. The number of hydrogen-bond donors (Lipinski definition) is 0. The highest BCUT2D eigenvalue weighted by atomic mass is 79.9. The van der Waals surface area contributed by atoms with Gasteiger partial charge < -0.3 is 9.15 Å². The Bertz CT molecular complexity index is 1590. The SMILES string of the molecule is COc1ccc(-c2nc3oc4ccc(Br)cc4c(=O)c3c(=O)n2CCc2ccccc2)cc1. The van der Waals surface area contributed by atoms with Crippen LogP contribution in [-0.4, -0.2) is 16.7 Å². The molecule has 0 bridgehead atoms. The van der Waals surface area contributed by atoms with Crippen LogP contribution in [0.2, 0.25) is 0 Å². The Kier molecular flexibility index (Phi) is 5.56. The van der Waals surface area contributed by atoms with Gasteiger partial charge in [-0.1, -0.05) is 46.3 Å². The van der Waals surface area contributed by atoms with E-state index >= 15 is 0 Å². The number of rotatable bonds is 5. The predicted molar refractivity (Wildman–Crippen MR) is 132 cm³/mol. The van der Waals surface area contributed by atoms with Crippen molar-refractivity contribution < 1.29 is 9.15 Å². The summed E-state index contributed by atoms with van der Waals surface area (Å²) in [4.78, 5) is 31.6. The largest absolute Gasteiger partial charge is 0.497 e. The standard InChI is InChI=1S/C26H19BrN2O4/c1-32-19-10-7-17(8-11-19)24-28-25-22(23(30)20-15-18(27)9-12-21(20)33-25)26(31)29(24)14-13-16-5-3-2-4-6-16/h2-12,15H,13-14H2,1H3. The van der Waals surface area contributed by atoms with Gasteiger partial charge in [0.05, 0.1) is 12.5 Å². The van der Waals surface area contributed by atoms with E-state index in [1.807, 2.05) is 42.5 Å². The molecule has 0 saturated carbocycles. The van der Waals surface area contributed by atoms with E-state index < -0.39 is 5.56 Å². The van der Waals surface area contributed by atoms with E-state index in [0.29, 0.717) is 35.5 Å². The van der Waals surface area contributed by atoms with Crippen LogP contribution in [0.5, 0.6) is 5.75 Å². The number of halogens is 1. The van der Waals surface area contributed by atoms with Gasteiger partial charge in [-0.15, -0.1) is 0 Å². The second-order valence-electron chi connectivity index (χ2n) is 7.61. The average molecular weight is 503 g/mol. The Morgan fingerprint density at radius 2 is 1.76 bits per heavy atom. The van der Waals surface area contributed by atoms with Gasteiger partial charge in [-0.25, -0.2) is 0 Å². The van der Waals surface area contributed by atoms with Gasteiger partial charge in [-0.05, 0) is 54.4 Å². The number of hydrogen-bond acceptors (Lipinski definition) is 5. The van der Waals surface area contributed by atoms with Gasteiger partial charge >= 0.3 is 0 Å². The molecule has 0 atom stereocenters. The average Bonchev–Trinajstić information content (AvgIpc) is 2.84. The van der Waals surface area contributed by atoms with Crippen LogP contribution in [-0.2, 0) is 13.0 Å². The van der Waals surface area contributed by atoms with Gasteiger partial charge in [0.1, 0.15) is 17.2 Å². The number of methoxy groups -OCH3 is 1. The normalized spacial score (nSPS) is 11.2. The van der Waals surface area contributed by atoms with Crippen molar-refractivity contribution in [3.8, 4) is 17.1 Å². The number of nitrogens with zero attached hydrogens (tertiary/aromatic N) is 2. The minimum atomic E-state index is -0.419. The van der Waals surface area contributed by atoms with Crippen LogP contribution in [0.25, 0.3) is 33.5 Å². The summed E-state index contributed by atoms with van der Waals surface area (Å²) >= 11 is 3.38. The number of aromatic nitrogens is 2. The lowest BCUT2D eigenvalue weighted by atomic mass is 10.1. The molecule has 0 aliphatic heterocycles. The fourth-order valence-corrected chi connectivity index (χ4v) is 4.23. The Labute approximate surface area is 197 Å². The smallest absolute Gasteiger partial charge is 0.269 e. The Balaban J connectivity index is 1.76. The van der Waals surface area contributed by atoms with Gasteiger partial charge in [-0.3, -0.25) is 14.2 Å². The van der Waals surface area contributed by atoms with E-state index in [1.54, 1.807) is 42.0 Å². The van der Waals surface area contributed by atoms with E-state index in [1.165, 1.54) is 0 Å². The second kappa shape index (κ2) is 8.67. The molecule has 0 fully saturated rings. The molecule has 0 radical (unpaired) electrons. The lowest BCUT2D eigenvalue weighted by molar-refractivity contribution is 0.415. The highest BCUT2D eigenvalue weighted by Crippen LogP contribution is 2.24. The van der Waals surface area contributed by atoms with Gasteiger partial charge in [0, 0.05) is 16.6 Å². The van der Waals surface area contributed by atoms with E-state index in [4.69, 9.17) is 9.15 Å². The number of fused-ring (bicyclic) bond motifs is 2. The molecule has 164 valence electrons. The number of aryl methyl sites for hydroxylation is 1. The third kappa shape index (κ3) is 3.96. The van der Waals surface area contributed by atoms with Crippen molar-refractivity contribution in [1.29, 1.82) is 0 Å². The first kappa shape index (κ1) is 21.2. The quantitative estimate of drug-likeness (QED) is 0.309. The number of benzene rings is 3. The zero-order valence-electron chi connectivity index (χ0n) is 17.7.